The van der Waals surface area contributed by atoms with Crippen LogP contribution < -0.4 is 16.0 Å². The van der Waals surface area contributed by atoms with Crippen LogP contribution in [0.3, 0.4) is 0 Å². The van der Waals surface area contributed by atoms with Crippen LogP contribution >= 0.6 is 0 Å². The second-order valence-electron chi connectivity index (χ2n) is 5.03. The number of aromatic nitrogens is 2. The first-order valence-corrected chi connectivity index (χ1v) is 6.10. The van der Waals surface area contributed by atoms with Crippen molar-refractivity contribution in [1.82, 2.24) is 9.97 Å². The number of nitrogens with zero attached hydrogens (tertiary/aromatic N) is 3. The molecule has 0 radical (unpaired) electrons. The predicted molar refractivity (Wildman–Crippen MR) is 70.2 cm³/mol. The van der Waals surface area contributed by atoms with Gasteiger partial charge in [0.05, 0.1) is 0 Å². The minimum absolute atomic E-state index is 0.429. The van der Waals surface area contributed by atoms with Crippen LogP contribution in [-0.2, 0) is 0 Å². The lowest BCUT2D eigenvalue weighted by atomic mass is 10.0. The van der Waals surface area contributed by atoms with E-state index in [1.807, 2.05) is 25.1 Å². The Labute approximate surface area is 102 Å². The molecular weight excluding hydrogens is 214 g/mol. The molecule has 1 saturated carbocycles. The monoisotopic (exact) mass is 235 g/mol. The highest BCUT2D eigenvalue weighted by atomic mass is 15.2. The Hall–Kier alpha value is -1.36. The molecule has 0 amide bonds. The van der Waals surface area contributed by atoms with Crippen LogP contribution in [0.2, 0.25) is 0 Å². The van der Waals surface area contributed by atoms with Gasteiger partial charge in [0.15, 0.2) is 0 Å². The highest BCUT2D eigenvalue weighted by Gasteiger charge is 2.41. The lowest BCUT2D eigenvalue weighted by Crippen LogP contribution is -2.20. The van der Waals surface area contributed by atoms with Gasteiger partial charge in [-0.1, -0.05) is 0 Å². The van der Waals surface area contributed by atoms with Crippen LogP contribution in [0.1, 0.15) is 19.3 Å². The SMILES string of the molecule is CN(C)c1nccc(NCC2(CCN)CC2)n1. The molecule has 1 aliphatic rings. The van der Waals surface area contributed by atoms with E-state index in [1.165, 1.54) is 12.8 Å². The Balaban J connectivity index is 1.93. The molecule has 0 atom stereocenters. The maximum absolute atomic E-state index is 5.63. The first-order valence-electron chi connectivity index (χ1n) is 6.10. The Morgan fingerprint density at radius 3 is 2.82 bits per heavy atom. The second-order valence-corrected chi connectivity index (χ2v) is 5.03. The van der Waals surface area contributed by atoms with Gasteiger partial charge in [-0.05, 0) is 37.3 Å². The second kappa shape index (κ2) is 4.87. The summed E-state index contributed by atoms with van der Waals surface area (Å²) in [6.07, 6.45) is 5.45. The Morgan fingerprint density at radius 1 is 1.47 bits per heavy atom. The highest BCUT2D eigenvalue weighted by Crippen LogP contribution is 2.48. The Morgan fingerprint density at radius 2 is 2.24 bits per heavy atom. The summed E-state index contributed by atoms with van der Waals surface area (Å²) in [6, 6.07) is 1.91. The summed E-state index contributed by atoms with van der Waals surface area (Å²) >= 11 is 0. The van der Waals surface area contributed by atoms with Gasteiger partial charge >= 0.3 is 0 Å². The molecule has 0 unspecified atom stereocenters. The minimum atomic E-state index is 0.429. The van der Waals surface area contributed by atoms with Gasteiger partial charge in [-0.25, -0.2) is 4.98 Å². The van der Waals surface area contributed by atoms with Gasteiger partial charge in [0.2, 0.25) is 5.95 Å². The average Bonchev–Trinajstić information content (AvgIpc) is 3.08. The van der Waals surface area contributed by atoms with Crippen molar-refractivity contribution in [2.45, 2.75) is 19.3 Å². The number of nitrogens with one attached hydrogen (secondary N) is 1. The Bertz CT molecular complexity index is 373. The quantitative estimate of drug-likeness (QED) is 0.772. The van der Waals surface area contributed by atoms with Crippen molar-refractivity contribution < 1.29 is 0 Å². The number of hydrogen-bond donors (Lipinski definition) is 2. The molecule has 1 aromatic rings. The first kappa shape index (κ1) is 12.1. The molecule has 94 valence electrons. The van der Waals surface area contributed by atoms with Gasteiger partial charge in [-0.3, -0.25) is 0 Å². The van der Waals surface area contributed by atoms with Gasteiger partial charge in [-0.15, -0.1) is 0 Å². The molecule has 2 rings (SSSR count). The van der Waals surface area contributed by atoms with E-state index >= 15 is 0 Å². The summed E-state index contributed by atoms with van der Waals surface area (Å²) in [7, 11) is 3.88. The summed E-state index contributed by atoms with van der Waals surface area (Å²) in [5, 5.41) is 3.39. The number of hydrogen-bond acceptors (Lipinski definition) is 5. The molecule has 0 aromatic carbocycles. The molecule has 3 N–H and O–H groups in total. The van der Waals surface area contributed by atoms with Crippen molar-refractivity contribution in [1.29, 1.82) is 0 Å². The van der Waals surface area contributed by atoms with E-state index in [1.54, 1.807) is 6.20 Å². The maximum Gasteiger partial charge on any atom is 0.226 e. The molecule has 0 aliphatic heterocycles. The van der Waals surface area contributed by atoms with E-state index in [4.69, 9.17) is 5.73 Å². The highest BCUT2D eigenvalue weighted by molar-refractivity contribution is 5.40. The predicted octanol–water partition coefficient (Wildman–Crippen LogP) is 1.08. The van der Waals surface area contributed by atoms with E-state index in [2.05, 4.69) is 15.3 Å². The third-order valence-electron chi connectivity index (χ3n) is 3.32. The van der Waals surface area contributed by atoms with Crippen molar-refractivity contribution in [2.75, 3.05) is 37.4 Å². The van der Waals surface area contributed by atoms with Crippen LogP contribution in [0.4, 0.5) is 11.8 Å². The molecule has 0 spiro atoms. The third kappa shape index (κ3) is 3.06. The lowest BCUT2D eigenvalue weighted by Gasteiger charge is -2.16. The van der Waals surface area contributed by atoms with Crippen LogP contribution in [0, 0.1) is 5.41 Å². The van der Waals surface area contributed by atoms with E-state index in [0.717, 1.165) is 31.3 Å². The molecule has 1 fully saturated rings. The molecular formula is C12H21N5. The van der Waals surface area contributed by atoms with Gasteiger partial charge in [0.1, 0.15) is 5.82 Å². The zero-order valence-electron chi connectivity index (χ0n) is 10.6. The lowest BCUT2D eigenvalue weighted by molar-refractivity contribution is 0.500. The first-order chi connectivity index (χ1) is 8.15. The minimum Gasteiger partial charge on any atom is -0.369 e. The van der Waals surface area contributed by atoms with E-state index in [0.29, 0.717) is 5.41 Å². The molecule has 0 bridgehead atoms. The molecule has 1 aromatic heterocycles. The number of nitrogens with two attached hydrogens (primary N) is 1. The zero-order chi connectivity index (χ0) is 12.3. The summed E-state index contributed by atoms with van der Waals surface area (Å²) in [6.45, 7) is 1.74. The van der Waals surface area contributed by atoms with E-state index in [9.17, 15) is 0 Å². The summed E-state index contributed by atoms with van der Waals surface area (Å²) in [4.78, 5) is 10.5. The van der Waals surface area contributed by atoms with Crippen LogP contribution in [-0.4, -0.2) is 37.2 Å². The van der Waals surface area contributed by atoms with E-state index in [-0.39, 0.29) is 0 Å². The Kier molecular flexibility index (Phi) is 3.47. The normalized spacial score (nSPS) is 16.6. The fraction of sp³-hybridized carbons (Fsp3) is 0.667. The van der Waals surface area contributed by atoms with E-state index < -0.39 is 0 Å². The molecule has 5 heteroatoms. The standard InChI is InChI=1S/C12H21N5/c1-17(2)11-14-8-3-10(16-11)15-9-12(4-5-12)6-7-13/h3,8H,4-7,9,13H2,1-2H3,(H,14,15,16). The molecule has 0 saturated heterocycles. The van der Waals surface area contributed by atoms with Crippen molar-refractivity contribution >= 4 is 11.8 Å². The molecule has 1 heterocycles. The summed E-state index contributed by atoms with van der Waals surface area (Å²) in [5.74, 6) is 1.63. The van der Waals surface area contributed by atoms with Gasteiger partial charge in [-0.2, -0.15) is 4.98 Å². The van der Waals surface area contributed by atoms with Crippen molar-refractivity contribution in [3.05, 3.63) is 12.3 Å². The van der Waals surface area contributed by atoms with Gasteiger partial charge in [0.25, 0.3) is 0 Å². The fourth-order valence-corrected chi connectivity index (χ4v) is 1.94. The largest absolute Gasteiger partial charge is 0.369 e. The molecule has 1 aliphatic carbocycles. The van der Waals surface area contributed by atoms with Gasteiger partial charge < -0.3 is 16.0 Å². The molecule has 17 heavy (non-hydrogen) atoms. The van der Waals surface area contributed by atoms with Crippen LogP contribution in [0.5, 0.6) is 0 Å². The van der Waals surface area contributed by atoms with Crippen LogP contribution in [0.25, 0.3) is 0 Å². The maximum atomic E-state index is 5.63. The zero-order valence-corrected chi connectivity index (χ0v) is 10.6. The summed E-state index contributed by atoms with van der Waals surface area (Å²) < 4.78 is 0. The van der Waals surface area contributed by atoms with Crippen LogP contribution in [0.15, 0.2) is 12.3 Å². The van der Waals surface area contributed by atoms with Crippen molar-refractivity contribution in [3.63, 3.8) is 0 Å². The topological polar surface area (TPSA) is 67.1 Å². The van der Waals surface area contributed by atoms with Crippen molar-refractivity contribution in [2.24, 2.45) is 11.1 Å². The van der Waals surface area contributed by atoms with Gasteiger partial charge in [0, 0.05) is 26.8 Å². The molecule has 5 nitrogen and oxygen atoms in total. The number of anilines is 2. The third-order valence-corrected chi connectivity index (χ3v) is 3.32. The number of rotatable bonds is 6. The smallest absolute Gasteiger partial charge is 0.226 e. The fourth-order valence-electron chi connectivity index (χ4n) is 1.94. The average molecular weight is 235 g/mol. The summed E-state index contributed by atoms with van der Waals surface area (Å²) in [5.41, 5.74) is 6.06. The van der Waals surface area contributed by atoms with Crippen molar-refractivity contribution in [3.8, 4) is 0 Å².